The van der Waals surface area contributed by atoms with Crippen LogP contribution in [0, 0.1) is 6.92 Å². The summed E-state index contributed by atoms with van der Waals surface area (Å²) in [6.07, 6.45) is 1.76. The number of benzene rings is 2. The van der Waals surface area contributed by atoms with E-state index in [2.05, 4.69) is 15.7 Å². The smallest absolute Gasteiger partial charge is 0.251 e. The molecule has 1 heterocycles. The molecule has 1 aromatic heterocycles. The molecule has 2 amide bonds. The molecule has 0 aliphatic rings. The minimum absolute atomic E-state index is 0.109. The molecule has 0 spiro atoms. The van der Waals surface area contributed by atoms with E-state index in [0.29, 0.717) is 17.9 Å². The number of carbonyl (C=O) groups excluding carboxylic acids is 2. The van der Waals surface area contributed by atoms with Gasteiger partial charge in [0.1, 0.15) is 5.75 Å². The number of nitrogens with zero attached hydrogens (tertiary/aromatic N) is 2. The molecule has 3 aromatic rings. The fourth-order valence-electron chi connectivity index (χ4n) is 3.18. The topological polar surface area (TPSA) is 85.2 Å². The third-order valence-corrected chi connectivity index (χ3v) is 4.73. The van der Waals surface area contributed by atoms with Crippen LogP contribution in [0.5, 0.6) is 5.75 Å². The highest BCUT2D eigenvalue weighted by molar-refractivity contribution is 5.96. The van der Waals surface area contributed by atoms with Gasteiger partial charge in [-0.2, -0.15) is 5.10 Å². The average molecular weight is 406 g/mol. The van der Waals surface area contributed by atoms with E-state index in [0.717, 1.165) is 16.9 Å². The standard InChI is InChI=1S/C23H26N4O3/c1-4-30-20-12-10-18(11-13-20)23(29)24-15-22(28)26-16(2)21-14-25-27(17(21)3)19-8-6-5-7-9-19/h5-14,16H,4,15H2,1-3H3,(H,24,29)(H,26,28). The van der Waals surface area contributed by atoms with Gasteiger partial charge in [0.25, 0.3) is 5.91 Å². The Labute approximate surface area is 176 Å². The van der Waals surface area contributed by atoms with Crippen molar-refractivity contribution in [2.45, 2.75) is 26.8 Å². The van der Waals surface area contributed by atoms with E-state index in [4.69, 9.17) is 4.74 Å². The van der Waals surface area contributed by atoms with E-state index >= 15 is 0 Å². The molecule has 0 bridgehead atoms. The number of hydrogen-bond acceptors (Lipinski definition) is 4. The lowest BCUT2D eigenvalue weighted by Crippen LogP contribution is -2.38. The first-order chi connectivity index (χ1) is 14.5. The molecular formula is C23H26N4O3. The number of hydrogen-bond donors (Lipinski definition) is 2. The maximum atomic E-state index is 12.3. The first kappa shape index (κ1) is 21.1. The Morgan fingerprint density at radius 3 is 2.47 bits per heavy atom. The van der Waals surface area contributed by atoms with Crippen molar-refractivity contribution in [3.63, 3.8) is 0 Å². The van der Waals surface area contributed by atoms with Crippen LogP contribution in [-0.4, -0.2) is 34.7 Å². The summed E-state index contributed by atoms with van der Waals surface area (Å²) in [4.78, 5) is 24.6. The third-order valence-electron chi connectivity index (χ3n) is 4.73. The summed E-state index contributed by atoms with van der Waals surface area (Å²) < 4.78 is 7.20. The highest BCUT2D eigenvalue weighted by atomic mass is 16.5. The summed E-state index contributed by atoms with van der Waals surface area (Å²) in [7, 11) is 0. The first-order valence-corrected chi connectivity index (χ1v) is 9.90. The van der Waals surface area contributed by atoms with E-state index in [1.807, 2.05) is 55.8 Å². The van der Waals surface area contributed by atoms with Gasteiger partial charge in [0.05, 0.1) is 31.1 Å². The first-order valence-electron chi connectivity index (χ1n) is 9.90. The quantitative estimate of drug-likeness (QED) is 0.602. The Kier molecular flexibility index (Phi) is 6.85. The van der Waals surface area contributed by atoms with Crippen LogP contribution >= 0.6 is 0 Å². The van der Waals surface area contributed by atoms with Crippen LogP contribution in [0.3, 0.4) is 0 Å². The second-order valence-corrected chi connectivity index (χ2v) is 6.86. The normalized spacial score (nSPS) is 11.6. The van der Waals surface area contributed by atoms with Crippen molar-refractivity contribution in [3.05, 3.63) is 77.6 Å². The number of carbonyl (C=O) groups is 2. The summed E-state index contributed by atoms with van der Waals surface area (Å²) >= 11 is 0. The maximum Gasteiger partial charge on any atom is 0.251 e. The molecular weight excluding hydrogens is 380 g/mol. The Balaban J connectivity index is 1.55. The van der Waals surface area contributed by atoms with Crippen molar-refractivity contribution in [1.82, 2.24) is 20.4 Å². The van der Waals surface area contributed by atoms with Gasteiger partial charge in [-0.05, 0) is 57.2 Å². The molecule has 7 heteroatoms. The highest BCUT2D eigenvalue weighted by Crippen LogP contribution is 2.20. The summed E-state index contributed by atoms with van der Waals surface area (Å²) in [5.41, 5.74) is 3.30. The van der Waals surface area contributed by atoms with Crippen LogP contribution in [-0.2, 0) is 4.79 Å². The van der Waals surface area contributed by atoms with Gasteiger partial charge >= 0.3 is 0 Å². The fourth-order valence-corrected chi connectivity index (χ4v) is 3.18. The van der Waals surface area contributed by atoms with Crippen molar-refractivity contribution in [2.24, 2.45) is 0 Å². The van der Waals surface area contributed by atoms with Crippen LogP contribution in [0.25, 0.3) is 5.69 Å². The minimum atomic E-state index is -0.311. The van der Waals surface area contributed by atoms with Crippen LogP contribution < -0.4 is 15.4 Å². The number of ether oxygens (including phenoxy) is 1. The number of aromatic nitrogens is 2. The van der Waals surface area contributed by atoms with Crippen LogP contribution in [0.1, 0.15) is 41.5 Å². The maximum absolute atomic E-state index is 12.3. The predicted molar refractivity (Wildman–Crippen MR) is 115 cm³/mol. The van der Waals surface area contributed by atoms with E-state index < -0.39 is 0 Å². The number of rotatable bonds is 8. The van der Waals surface area contributed by atoms with Crippen LogP contribution in [0.4, 0.5) is 0 Å². The molecule has 0 aliphatic heterocycles. The van der Waals surface area contributed by atoms with Gasteiger partial charge in [0, 0.05) is 16.8 Å². The Hall–Kier alpha value is -3.61. The second kappa shape index (κ2) is 9.73. The number of amides is 2. The van der Waals surface area contributed by atoms with Gasteiger partial charge < -0.3 is 15.4 Å². The van der Waals surface area contributed by atoms with E-state index in [9.17, 15) is 9.59 Å². The molecule has 0 fully saturated rings. The molecule has 0 saturated heterocycles. The van der Waals surface area contributed by atoms with Gasteiger partial charge in [-0.25, -0.2) is 4.68 Å². The predicted octanol–water partition coefficient (Wildman–Crippen LogP) is 3.19. The molecule has 2 N–H and O–H groups in total. The van der Waals surface area contributed by atoms with Crippen molar-refractivity contribution in [3.8, 4) is 11.4 Å². The summed E-state index contributed by atoms with van der Waals surface area (Å²) in [5, 5.41) is 9.98. The van der Waals surface area contributed by atoms with Crippen LogP contribution in [0.15, 0.2) is 60.8 Å². The Morgan fingerprint density at radius 1 is 1.10 bits per heavy atom. The fraction of sp³-hybridized carbons (Fsp3) is 0.261. The van der Waals surface area contributed by atoms with Gasteiger partial charge in [-0.1, -0.05) is 18.2 Å². The summed E-state index contributed by atoms with van der Waals surface area (Å²) in [6, 6.07) is 16.4. The molecule has 1 atom stereocenters. The molecule has 2 aromatic carbocycles. The highest BCUT2D eigenvalue weighted by Gasteiger charge is 2.17. The van der Waals surface area contributed by atoms with Crippen LogP contribution in [0.2, 0.25) is 0 Å². The number of nitrogens with one attached hydrogen (secondary N) is 2. The summed E-state index contributed by atoms with van der Waals surface area (Å²) in [6.45, 7) is 6.21. The van der Waals surface area contributed by atoms with Gasteiger partial charge in [-0.15, -0.1) is 0 Å². The zero-order valence-electron chi connectivity index (χ0n) is 17.4. The molecule has 0 saturated carbocycles. The third kappa shape index (κ3) is 5.05. The minimum Gasteiger partial charge on any atom is -0.494 e. The lowest BCUT2D eigenvalue weighted by Gasteiger charge is -2.15. The van der Waals surface area contributed by atoms with E-state index in [1.165, 1.54) is 0 Å². The monoisotopic (exact) mass is 406 g/mol. The Bertz CT molecular complexity index is 997. The Morgan fingerprint density at radius 2 is 1.80 bits per heavy atom. The average Bonchev–Trinajstić information content (AvgIpc) is 3.15. The molecule has 0 radical (unpaired) electrons. The van der Waals surface area contributed by atoms with Gasteiger partial charge in [-0.3, -0.25) is 9.59 Å². The summed E-state index contributed by atoms with van der Waals surface area (Å²) in [5.74, 6) is 0.120. The molecule has 156 valence electrons. The second-order valence-electron chi connectivity index (χ2n) is 6.86. The SMILES string of the molecule is CCOc1ccc(C(=O)NCC(=O)NC(C)c2cnn(-c3ccccc3)c2C)cc1. The lowest BCUT2D eigenvalue weighted by molar-refractivity contribution is -0.120. The van der Waals surface area contributed by atoms with Crippen molar-refractivity contribution in [1.29, 1.82) is 0 Å². The van der Waals surface area contributed by atoms with Crippen molar-refractivity contribution < 1.29 is 14.3 Å². The van der Waals surface area contributed by atoms with E-state index in [1.54, 1.807) is 30.5 Å². The molecule has 1 unspecified atom stereocenters. The van der Waals surface area contributed by atoms with Gasteiger partial charge in [0.15, 0.2) is 0 Å². The molecule has 0 aliphatic carbocycles. The lowest BCUT2D eigenvalue weighted by atomic mass is 10.1. The zero-order chi connectivity index (χ0) is 21.5. The zero-order valence-corrected chi connectivity index (χ0v) is 17.4. The molecule has 3 rings (SSSR count). The van der Waals surface area contributed by atoms with Crippen molar-refractivity contribution >= 4 is 11.8 Å². The largest absolute Gasteiger partial charge is 0.494 e. The van der Waals surface area contributed by atoms with E-state index in [-0.39, 0.29) is 24.4 Å². The van der Waals surface area contributed by atoms with Gasteiger partial charge in [0.2, 0.25) is 5.91 Å². The molecule has 30 heavy (non-hydrogen) atoms. The molecule has 7 nitrogen and oxygen atoms in total. The number of para-hydroxylation sites is 1. The van der Waals surface area contributed by atoms with Crippen molar-refractivity contribution in [2.75, 3.05) is 13.2 Å².